The molecule has 0 heterocycles. The van der Waals surface area contributed by atoms with Crippen LogP contribution in [0.4, 0.5) is 5.69 Å². The zero-order chi connectivity index (χ0) is 31.1. The number of anilines is 1. The fourth-order valence-corrected chi connectivity index (χ4v) is 7.06. The first kappa shape index (κ1) is 32.8. The minimum absolute atomic E-state index is 0.0316. The molecule has 230 valence electrons. The molecule has 0 bridgehead atoms. The predicted molar refractivity (Wildman–Crippen MR) is 173 cm³/mol. The number of amides is 2. The van der Waals surface area contributed by atoms with Gasteiger partial charge in [0, 0.05) is 12.6 Å². The van der Waals surface area contributed by atoms with Gasteiger partial charge in [-0.1, -0.05) is 96.9 Å². The molecule has 0 aliphatic heterocycles. The lowest BCUT2D eigenvalue weighted by Gasteiger charge is -2.34. The minimum atomic E-state index is -4.20. The number of carbonyl (C=O) groups is 2. The fourth-order valence-electron chi connectivity index (χ4n) is 5.36. The Labute approximate surface area is 265 Å². The Morgan fingerprint density at radius 2 is 1.49 bits per heavy atom. The minimum Gasteiger partial charge on any atom is -0.352 e. The van der Waals surface area contributed by atoms with Crippen molar-refractivity contribution in [2.75, 3.05) is 10.8 Å². The van der Waals surface area contributed by atoms with E-state index in [0.29, 0.717) is 6.42 Å². The molecule has 1 atom stereocenters. The smallest absolute Gasteiger partial charge is 0.264 e. The Morgan fingerprint density at radius 3 is 2.07 bits per heavy atom. The van der Waals surface area contributed by atoms with Crippen molar-refractivity contribution in [1.29, 1.82) is 0 Å². The molecular weight excluding hydrogens is 605 g/mol. The molecule has 2 amide bonds. The van der Waals surface area contributed by atoms with Gasteiger partial charge in [0.05, 0.1) is 20.6 Å². The highest BCUT2D eigenvalue weighted by Crippen LogP contribution is 2.31. The van der Waals surface area contributed by atoms with E-state index >= 15 is 0 Å². The Morgan fingerprint density at radius 1 is 0.884 bits per heavy atom. The van der Waals surface area contributed by atoms with Crippen LogP contribution in [-0.4, -0.2) is 43.8 Å². The summed E-state index contributed by atoms with van der Waals surface area (Å²) >= 11 is 12.4. The number of aryl methyl sites for hydroxylation is 2. The average Bonchev–Trinajstić information content (AvgIpc) is 2.99. The van der Waals surface area contributed by atoms with Gasteiger partial charge in [-0.3, -0.25) is 13.9 Å². The van der Waals surface area contributed by atoms with Crippen LogP contribution in [0.25, 0.3) is 0 Å². The van der Waals surface area contributed by atoms with E-state index < -0.39 is 28.5 Å². The molecule has 10 heteroatoms. The van der Waals surface area contributed by atoms with Crippen molar-refractivity contribution in [2.24, 2.45) is 0 Å². The van der Waals surface area contributed by atoms with Gasteiger partial charge < -0.3 is 10.2 Å². The number of benzene rings is 3. The summed E-state index contributed by atoms with van der Waals surface area (Å²) < 4.78 is 29.1. The number of nitrogens with one attached hydrogen (secondary N) is 1. The highest BCUT2D eigenvalue weighted by atomic mass is 35.5. The van der Waals surface area contributed by atoms with Crippen LogP contribution < -0.4 is 9.62 Å². The average molecular weight is 645 g/mol. The van der Waals surface area contributed by atoms with Crippen LogP contribution in [0.15, 0.2) is 71.6 Å². The van der Waals surface area contributed by atoms with Crippen molar-refractivity contribution >= 4 is 50.7 Å². The third kappa shape index (κ3) is 8.31. The van der Waals surface area contributed by atoms with E-state index in [1.54, 1.807) is 12.1 Å². The fraction of sp³-hybridized carbons (Fsp3) is 0.394. The van der Waals surface area contributed by atoms with Crippen LogP contribution in [0.5, 0.6) is 0 Å². The molecule has 4 rings (SSSR count). The monoisotopic (exact) mass is 643 g/mol. The quantitative estimate of drug-likeness (QED) is 0.242. The summed E-state index contributed by atoms with van der Waals surface area (Å²) in [6.45, 7) is 5.32. The largest absolute Gasteiger partial charge is 0.352 e. The summed E-state index contributed by atoms with van der Waals surface area (Å²) in [4.78, 5) is 29.4. The first-order chi connectivity index (χ1) is 20.5. The highest BCUT2D eigenvalue weighted by molar-refractivity contribution is 7.92. The molecule has 0 spiro atoms. The molecule has 1 aliphatic rings. The van der Waals surface area contributed by atoms with E-state index in [0.717, 1.165) is 53.1 Å². The lowest BCUT2D eigenvalue weighted by atomic mass is 9.95. The summed E-state index contributed by atoms with van der Waals surface area (Å²) in [5.41, 5.74) is 3.00. The van der Waals surface area contributed by atoms with Gasteiger partial charge in [-0.2, -0.15) is 0 Å². The first-order valence-electron chi connectivity index (χ1n) is 14.7. The molecular formula is C33H39Cl2N3O4S. The van der Waals surface area contributed by atoms with Crippen molar-refractivity contribution in [3.05, 3.63) is 93.5 Å². The van der Waals surface area contributed by atoms with Crippen LogP contribution in [-0.2, 0) is 26.2 Å². The van der Waals surface area contributed by atoms with Crippen LogP contribution in [0.2, 0.25) is 10.0 Å². The van der Waals surface area contributed by atoms with E-state index in [1.165, 1.54) is 35.2 Å². The maximum Gasteiger partial charge on any atom is 0.264 e. The Bertz CT molecular complexity index is 1520. The number of carbonyl (C=O) groups excluding carboxylic acids is 2. The normalized spacial score (nSPS) is 14.6. The summed E-state index contributed by atoms with van der Waals surface area (Å²) in [7, 11) is -4.20. The Kier molecular flexibility index (Phi) is 11.2. The zero-order valence-corrected chi connectivity index (χ0v) is 27.2. The Hall–Kier alpha value is -3.07. The predicted octanol–water partition coefficient (Wildman–Crippen LogP) is 7.06. The molecule has 0 radical (unpaired) electrons. The van der Waals surface area contributed by atoms with E-state index in [1.807, 2.05) is 45.0 Å². The van der Waals surface area contributed by atoms with Crippen LogP contribution in [0.1, 0.15) is 62.1 Å². The maximum atomic E-state index is 14.3. The molecule has 43 heavy (non-hydrogen) atoms. The van der Waals surface area contributed by atoms with Crippen molar-refractivity contribution in [3.8, 4) is 0 Å². The molecule has 1 N–H and O–H groups in total. The van der Waals surface area contributed by atoms with Crippen molar-refractivity contribution in [2.45, 2.75) is 82.8 Å². The van der Waals surface area contributed by atoms with Gasteiger partial charge in [-0.05, 0) is 69.0 Å². The highest BCUT2D eigenvalue weighted by Gasteiger charge is 2.34. The van der Waals surface area contributed by atoms with Crippen LogP contribution in [0.3, 0.4) is 0 Å². The first-order valence-corrected chi connectivity index (χ1v) is 16.9. The van der Waals surface area contributed by atoms with Gasteiger partial charge in [0.25, 0.3) is 10.0 Å². The number of nitrogens with zero attached hydrogens (tertiary/aromatic N) is 2. The Balaban J connectivity index is 1.72. The second kappa shape index (κ2) is 14.6. The number of rotatable bonds is 11. The third-order valence-corrected chi connectivity index (χ3v) is 10.4. The maximum absolute atomic E-state index is 14.3. The van der Waals surface area contributed by atoms with E-state index in [9.17, 15) is 18.0 Å². The molecule has 3 aromatic rings. The van der Waals surface area contributed by atoms with Gasteiger partial charge >= 0.3 is 0 Å². The van der Waals surface area contributed by atoms with Crippen molar-refractivity contribution in [1.82, 2.24) is 10.2 Å². The summed E-state index contributed by atoms with van der Waals surface area (Å²) in [5.74, 6) is -0.731. The standard InChI is InChI=1S/C33H39Cl2N3O4S/c1-4-31(33(40)36-26-8-6-5-7-9-26)37(21-25-14-10-23(2)11-15-25)32(39)22-38(27-16-19-29(34)30(35)20-27)43(41,42)28-17-12-24(3)13-18-28/h10-20,26,31H,4-9,21-22H2,1-3H3,(H,36,40)/t31-/m1/s1. The summed E-state index contributed by atoms with van der Waals surface area (Å²) in [6, 6.07) is 17.9. The lowest BCUT2D eigenvalue weighted by Crippen LogP contribution is -2.54. The molecule has 0 unspecified atom stereocenters. The molecule has 1 saturated carbocycles. The molecule has 0 saturated heterocycles. The number of halogens is 2. The SMILES string of the molecule is CC[C@H](C(=O)NC1CCCCC1)N(Cc1ccc(C)cc1)C(=O)CN(c1ccc(Cl)c(Cl)c1)S(=O)(=O)c1ccc(C)cc1. The summed E-state index contributed by atoms with van der Waals surface area (Å²) in [6.07, 6.45) is 5.46. The number of sulfonamides is 1. The molecule has 3 aromatic carbocycles. The van der Waals surface area contributed by atoms with Crippen molar-refractivity contribution in [3.63, 3.8) is 0 Å². The number of hydrogen-bond acceptors (Lipinski definition) is 4. The molecule has 1 fully saturated rings. The second-order valence-corrected chi connectivity index (χ2v) is 13.9. The second-order valence-electron chi connectivity index (χ2n) is 11.2. The van der Waals surface area contributed by atoms with Gasteiger partial charge in [0.1, 0.15) is 12.6 Å². The topological polar surface area (TPSA) is 86.8 Å². The van der Waals surface area contributed by atoms with Gasteiger partial charge in [0.15, 0.2) is 0 Å². The van der Waals surface area contributed by atoms with E-state index in [2.05, 4.69) is 5.32 Å². The third-order valence-electron chi connectivity index (χ3n) is 7.89. The van der Waals surface area contributed by atoms with Crippen LogP contribution in [0, 0.1) is 13.8 Å². The summed E-state index contributed by atoms with van der Waals surface area (Å²) in [5, 5.41) is 3.58. The number of hydrogen-bond donors (Lipinski definition) is 1. The van der Waals surface area contributed by atoms with Crippen LogP contribution >= 0.6 is 23.2 Å². The zero-order valence-electron chi connectivity index (χ0n) is 24.9. The van der Waals surface area contributed by atoms with E-state index in [-0.39, 0.29) is 39.1 Å². The molecule has 7 nitrogen and oxygen atoms in total. The molecule has 0 aromatic heterocycles. The van der Waals surface area contributed by atoms with Gasteiger partial charge in [-0.15, -0.1) is 0 Å². The van der Waals surface area contributed by atoms with Gasteiger partial charge in [-0.25, -0.2) is 8.42 Å². The van der Waals surface area contributed by atoms with Crippen molar-refractivity contribution < 1.29 is 18.0 Å². The van der Waals surface area contributed by atoms with Gasteiger partial charge in [0.2, 0.25) is 11.8 Å². The van der Waals surface area contributed by atoms with E-state index in [4.69, 9.17) is 23.2 Å². The lowest BCUT2D eigenvalue weighted by molar-refractivity contribution is -0.140. The molecule has 1 aliphatic carbocycles.